The number of guanidine groups is 1. The van der Waals surface area contributed by atoms with Gasteiger partial charge in [0.2, 0.25) is 0 Å². The van der Waals surface area contributed by atoms with Crippen molar-refractivity contribution in [1.29, 1.82) is 0 Å². The maximum atomic E-state index is 5.86. The molecule has 116 valence electrons. The van der Waals surface area contributed by atoms with Crippen LogP contribution in [0.15, 0.2) is 23.2 Å². The number of rotatable bonds is 8. The van der Waals surface area contributed by atoms with E-state index in [0.717, 1.165) is 24.0 Å². The van der Waals surface area contributed by atoms with E-state index in [9.17, 15) is 0 Å². The summed E-state index contributed by atoms with van der Waals surface area (Å²) in [7, 11) is 3.21. The summed E-state index contributed by atoms with van der Waals surface area (Å²) in [6, 6.07) is 5.45. The van der Waals surface area contributed by atoms with Crippen molar-refractivity contribution in [2.24, 2.45) is 16.6 Å². The van der Waals surface area contributed by atoms with Gasteiger partial charge in [0, 0.05) is 12.7 Å². The summed E-state index contributed by atoms with van der Waals surface area (Å²) in [6.07, 6.45) is 2.59. The fraction of sp³-hybridized carbons (Fsp3) is 0.533. The van der Waals surface area contributed by atoms with Gasteiger partial charge in [0.15, 0.2) is 5.96 Å². The van der Waals surface area contributed by atoms with E-state index in [1.165, 1.54) is 12.8 Å². The third kappa shape index (κ3) is 5.15. The van der Waals surface area contributed by atoms with Crippen molar-refractivity contribution in [2.75, 3.05) is 39.3 Å². The molecule has 0 bridgehead atoms. The molecule has 0 unspecified atom stereocenters. The molecule has 0 radical (unpaired) electrons. The lowest BCUT2D eigenvalue weighted by Gasteiger charge is -2.12. The molecule has 3 N–H and O–H groups in total. The van der Waals surface area contributed by atoms with E-state index in [0.29, 0.717) is 24.9 Å². The lowest BCUT2D eigenvalue weighted by atomic mass is 10.2. The molecule has 0 amide bonds. The van der Waals surface area contributed by atoms with Crippen molar-refractivity contribution in [3.05, 3.63) is 18.2 Å². The van der Waals surface area contributed by atoms with E-state index in [-0.39, 0.29) is 0 Å². The van der Waals surface area contributed by atoms with E-state index in [1.807, 2.05) is 18.2 Å². The van der Waals surface area contributed by atoms with Crippen LogP contribution in [0, 0.1) is 5.92 Å². The Bertz CT molecular complexity index is 487. The number of nitrogens with two attached hydrogens (primary N) is 1. The van der Waals surface area contributed by atoms with E-state index >= 15 is 0 Å². The summed E-state index contributed by atoms with van der Waals surface area (Å²) in [5.41, 5.74) is 6.58. The van der Waals surface area contributed by atoms with Crippen molar-refractivity contribution < 1.29 is 14.2 Å². The van der Waals surface area contributed by atoms with Crippen molar-refractivity contribution >= 4 is 11.6 Å². The first kappa shape index (κ1) is 15.4. The predicted molar refractivity (Wildman–Crippen MR) is 83.2 cm³/mol. The maximum Gasteiger partial charge on any atom is 0.193 e. The molecule has 2 rings (SSSR count). The van der Waals surface area contributed by atoms with Crippen LogP contribution >= 0.6 is 0 Å². The van der Waals surface area contributed by atoms with E-state index in [2.05, 4.69) is 10.3 Å². The Hall–Kier alpha value is -1.95. The molecular formula is C15H23N3O3. The summed E-state index contributed by atoms with van der Waals surface area (Å²) < 4.78 is 16.0. The van der Waals surface area contributed by atoms with Crippen LogP contribution in [0.1, 0.15) is 12.8 Å². The highest BCUT2D eigenvalue weighted by atomic mass is 16.5. The molecule has 1 aromatic rings. The van der Waals surface area contributed by atoms with Crippen LogP contribution in [0.3, 0.4) is 0 Å². The molecule has 0 aromatic heterocycles. The Morgan fingerprint density at radius 3 is 2.81 bits per heavy atom. The smallest absolute Gasteiger partial charge is 0.193 e. The van der Waals surface area contributed by atoms with Crippen LogP contribution < -0.4 is 20.5 Å². The standard InChI is InChI=1S/C15H23N3O3/c1-19-12-5-6-14(20-2)13(9-12)18-15(16)17-7-8-21-10-11-3-4-11/h5-6,9,11H,3-4,7-8,10H2,1-2H3,(H3,16,17,18). The second-order valence-electron chi connectivity index (χ2n) is 4.98. The Morgan fingerprint density at radius 2 is 2.14 bits per heavy atom. The highest BCUT2D eigenvalue weighted by molar-refractivity contribution is 5.94. The van der Waals surface area contributed by atoms with Crippen molar-refractivity contribution in [1.82, 2.24) is 0 Å². The van der Waals surface area contributed by atoms with E-state index < -0.39 is 0 Å². The molecule has 1 saturated carbocycles. The summed E-state index contributed by atoms with van der Waals surface area (Å²) in [5.74, 6) is 2.50. The Morgan fingerprint density at radius 1 is 1.33 bits per heavy atom. The minimum atomic E-state index is 0.330. The summed E-state index contributed by atoms with van der Waals surface area (Å²) >= 11 is 0. The van der Waals surface area contributed by atoms with Gasteiger partial charge in [-0.05, 0) is 30.9 Å². The normalized spacial score (nSPS) is 14.9. The third-order valence-electron chi connectivity index (χ3n) is 3.24. The zero-order chi connectivity index (χ0) is 15.1. The Kier molecular flexibility index (Phi) is 5.68. The number of hydrogen-bond acceptors (Lipinski definition) is 4. The molecule has 6 nitrogen and oxygen atoms in total. The van der Waals surface area contributed by atoms with Crippen LogP contribution in [0.4, 0.5) is 5.69 Å². The molecule has 0 atom stereocenters. The predicted octanol–water partition coefficient (Wildman–Crippen LogP) is 1.86. The Labute approximate surface area is 125 Å². The quantitative estimate of drug-likeness (QED) is 0.434. The zero-order valence-electron chi connectivity index (χ0n) is 12.6. The molecule has 1 aliphatic carbocycles. The fourth-order valence-corrected chi connectivity index (χ4v) is 1.85. The molecule has 1 aliphatic rings. The van der Waals surface area contributed by atoms with Crippen LogP contribution in [0.25, 0.3) is 0 Å². The summed E-state index contributed by atoms with van der Waals surface area (Å²) in [4.78, 5) is 4.23. The SMILES string of the molecule is COc1ccc(OC)c(NC(N)=NCCOCC2CC2)c1. The largest absolute Gasteiger partial charge is 0.497 e. The average molecular weight is 293 g/mol. The number of aliphatic imine (C=N–C) groups is 1. The molecule has 0 saturated heterocycles. The number of nitrogens with one attached hydrogen (secondary N) is 1. The monoisotopic (exact) mass is 293 g/mol. The minimum absolute atomic E-state index is 0.330. The summed E-state index contributed by atoms with van der Waals surface area (Å²) in [6.45, 7) is 1.97. The number of benzene rings is 1. The molecule has 1 aromatic carbocycles. The first-order valence-corrected chi connectivity index (χ1v) is 7.09. The van der Waals surface area contributed by atoms with Gasteiger partial charge in [0.25, 0.3) is 0 Å². The maximum absolute atomic E-state index is 5.86. The van der Waals surface area contributed by atoms with Gasteiger partial charge in [-0.15, -0.1) is 0 Å². The van der Waals surface area contributed by atoms with Crippen LogP contribution in [0.5, 0.6) is 11.5 Å². The van der Waals surface area contributed by atoms with Crippen LogP contribution in [-0.4, -0.2) is 39.9 Å². The van der Waals surface area contributed by atoms with Gasteiger partial charge < -0.3 is 25.3 Å². The molecule has 1 fully saturated rings. The van der Waals surface area contributed by atoms with Crippen molar-refractivity contribution in [3.63, 3.8) is 0 Å². The number of anilines is 1. The second-order valence-corrected chi connectivity index (χ2v) is 4.98. The highest BCUT2D eigenvalue weighted by Gasteiger charge is 2.20. The van der Waals surface area contributed by atoms with Crippen LogP contribution in [-0.2, 0) is 4.74 Å². The first-order chi connectivity index (χ1) is 10.2. The van der Waals surface area contributed by atoms with Gasteiger partial charge >= 0.3 is 0 Å². The third-order valence-corrected chi connectivity index (χ3v) is 3.24. The summed E-state index contributed by atoms with van der Waals surface area (Å²) in [5, 5.41) is 3.02. The minimum Gasteiger partial charge on any atom is -0.497 e. The van der Waals surface area contributed by atoms with E-state index in [1.54, 1.807) is 14.2 Å². The molecule has 0 spiro atoms. The van der Waals surface area contributed by atoms with Crippen molar-refractivity contribution in [3.8, 4) is 11.5 Å². The molecule has 0 aliphatic heterocycles. The molecule has 0 heterocycles. The average Bonchev–Trinajstić information content (AvgIpc) is 3.31. The fourth-order valence-electron chi connectivity index (χ4n) is 1.85. The molecular weight excluding hydrogens is 270 g/mol. The van der Waals surface area contributed by atoms with Gasteiger partial charge in [-0.2, -0.15) is 0 Å². The van der Waals surface area contributed by atoms with Gasteiger partial charge in [0.05, 0.1) is 33.1 Å². The number of ether oxygens (including phenoxy) is 3. The number of methoxy groups -OCH3 is 2. The lowest BCUT2D eigenvalue weighted by Crippen LogP contribution is -2.23. The van der Waals surface area contributed by atoms with Gasteiger partial charge in [-0.3, -0.25) is 4.99 Å². The zero-order valence-corrected chi connectivity index (χ0v) is 12.6. The van der Waals surface area contributed by atoms with Crippen LogP contribution in [0.2, 0.25) is 0 Å². The number of nitrogens with zero attached hydrogens (tertiary/aromatic N) is 1. The topological polar surface area (TPSA) is 78.1 Å². The second kappa shape index (κ2) is 7.73. The van der Waals surface area contributed by atoms with Gasteiger partial charge in [-0.25, -0.2) is 0 Å². The van der Waals surface area contributed by atoms with Crippen molar-refractivity contribution in [2.45, 2.75) is 12.8 Å². The molecule has 6 heteroatoms. The Balaban J connectivity index is 1.83. The first-order valence-electron chi connectivity index (χ1n) is 7.09. The van der Waals surface area contributed by atoms with E-state index in [4.69, 9.17) is 19.9 Å². The highest BCUT2D eigenvalue weighted by Crippen LogP contribution is 2.29. The lowest BCUT2D eigenvalue weighted by molar-refractivity contribution is 0.132. The van der Waals surface area contributed by atoms with Gasteiger partial charge in [0.1, 0.15) is 11.5 Å². The van der Waals surface area contributed by atoms with Gasteiger partial charge in [-0.1, -0.05) is 0 Å². The molecule has 21 heavy (non-hydrogen) atoms. The number of hydrogen-bond donors (Lipinski definition) is 2.